The normalized spacial score (nSPS) is 11.3. The fourth-order valence-electron chi connectivity index (χ4n) is 4.16. The minimum Gasteiger partial charge on any atom is -0.309 e. The molecule has 0 unspecified atom stereocenters. The van der Waals surface area contributed by atoms with E-state index in [2.05, 4.69) is 105 Å². The molecule has 0 atom stereocenters. The van der Waals surface area contributed by atoms with Gasteiger partial charge in [0.1, 0.15) is 0 Å². The molecule has 3 heteroatoms. The number of aromatic nitrogens is 1. The van der Waals surface area contributed by atoms with E-state index >= 15 is 0 Å². The Morgan fingerprint density at radius 2 is 1.34 bits per heavy atom. The first-order chi connectivity index (χ1) is 14.3. The summed E-state index contributed by atoms with van der Waals surface area (Å²) in [6.45, 7) is 4.00. The lowest BCUT2D eigenvalue weighted by Crippen LogP contribution is -1.93. The first-order valence-electron chi connectivity index (χ1n) is 9.91. The molecule has 1 nitrogen and oxygen atoms in total. The van der Waals surface area contributed by atoms with Gasteiger partial charge in [-0.2, -0.15) is 0 Å². The highest BCUT2D eigenvalue weighted by atomic mass is 79.9. The van der Waals surface area contributed by atoms with Gasteiger partial charge in [0.15, 0.2) is 0 Å². The zero-order valence-electron chi connectivity index (χ0n) is 16.3. The molecular formula is C26H20BrNS. The average Bonchev–Trinajstić information content (AvgIpc) is 3.31. The number of fused-ring (bicyclic) bond motifs is 7. The van der Waals surface area contributed by atoms with Gasteiger partial charge in [-0.05, 0) is 30.3 Å². The van der Waals surface area contributed by atoms with Gasteiger partial charge in [-0.1, -0.05) is 84.4 Å². The molecule has 0 saturated heterocycles. The van der Waals surface area contributed by atoms with Crippen LogP contribution in [-0.2, 0) is 0 Å². The number of nitrogens with zero attached hydrogens (tertiary/aromatic N) is 1. The Morgan fingerprint density at radius 1 is 0.690 bits per heavy atom. The molecule has 4 aromatic carbocycles. The van der Waals surface area contributed by atoms with Crippen LogP contribution in [0.2, 0.25) is 0 Å². The van der Waals surface area contributed by atoms with Gasteiger partial charge >= 0.3 is 0 Å². The molecule has 2 heterocycles. The molecule has 0 fully saturated rings. The van der Waals surface area contributed by atoms with Crippen LogP contribution < -0.4 is 0 Å². The fraction of sp³-hybridized carbons (Fsp3) is 0.0769. The highest BCUT2D eigenvalue weighted by Crippen LogP contribution is 2.45. The van der Waals surface area contributed by atoms with Crippen LogP contribution in [0.15, 0.2) is 89.4 Å². The third-order valence-electron chi connectivity index (χ3n) is 5.25. The van der Waals surface area contributed by atoms with Crippen molar-refractivity contribution in [3.05, 3.63) is 89.4 Å². The molecule has 0 aliphatic heterocycles. The van der Waals surface area contributed by atoms with Crippen LogP contribution in [0.4, 0.5) is 0 Å². The first-order valence-corrected chi connectivity index (χ1v) is 11.5. The Labute approximate surface area is 182 Å². The van der Waals surface area contributed by atoms with Gasteiger partial charge in [0, 0.05) is 41.1 Å². The molecule has 0 bridgehead atoms. The average molecular weight is 458 g/mol. The van der Waals surface area contributed by atoms with Gasteiger partial charge in [0.2, 0.25) is 0 Å². The van der Waals surface area contributed by atoms with Crippen molar-refractivity contribution in [1.82, 2.24) is 4.57 Å². The summed E-state index contributed by atoms with van der Waals surface area (Å²) >= 11 is 5.74. The Morgan fingerprint density at radius 3 is 2.14 bits per heavy atom. The number of hydrogen-bond acceptors (Lipinski definition) is 1. The zero-order valence-corrected chi connectivity index (χ0v) is 18.7. The number of rotatable bonds is 1. The number of hydrogen-bond donors (Lipinski definition) is 0. The maximum Gasteiger partial charge on any atom is 0.0645 e. The van der Waals surface area contributed by atoms with Crippen molar-refractivity contribution in [1.29, 1.82) is 0 Å². The second-order valence-corrected chi connectivity index (χ2v) is 8.68. The third kappa shape index (κ3) is 2.72. The summed E-state index contributed by atoms with van der Waals surface area (Å²) in [6, 6.07) is 30.4. The minimum absolute atomic E-state index is 1.16. The summed E-state index contributed by atoms with van der Waals surface area (Å²) < 4.78 is 6.21. The van der Waals surface area contributed by atoms with Crippen LogP contribution in [0.3, 0.4) is 0 Å². The molecule has 0 spiro atoms. The van der Waals surface area contributed by atoms with Crippen molar-refractivity contribution in [3.8, 4) is 5.69 Å². The van der Waals surface area contributed by atoms with E-state index in [4.69, 9.17) is 0 Å². The van der Waals surface area contributed by atoms with Crippen LogP contribution in [0.5, 0.6) is 0 Å². The van der Waals surface area contributed by atoms with Crippen LogP contribution in [-0.4, -0.2) is 4.57 Å². The smallest absolute Gasteiger partial charge is 0.0645 e. The largest absolute Gasteiger partial charge is 0.309 e. The van der Waals surface area contributed by atoms with E-state index in [0.717, 1.165) is 4.47 Å². The highest BCUT2D eigenvalue weighted by molar-refractivity contribution is 9.10. The second-order valence-electron chi connectivity index (χ2n) is 6.74. The summed E-state index contributed by atoms with van der Waals surface area (Å²) in [6.07, 6.45) is 0. The monoisotopic (exact) mass is 457 g/mol. The van der Waals surface area contributed by atoms with Crippen LogP contribution in [0.1, 0.15) is 13.8 Å². The topological polar surface area (TPSA) is 4.93 Å². The molecule has 142 valence electrons. The van der Waals surface area contributed by atoms with Gasteiger partial charge in [-0.15, -0.1) is 11.3 Å². The third-order valence-corrected chi connectivity index (χ3v) is 6.99. The molecule has 6 aromatic rings. The van der Waals surface area contributed by atoms with Gasteiger partial charge in [0.05, 0.1) is 11.0 Å². The number of halogens is 1. The second kappa shape index (κ2) is 7.33. The predicted octanol–water partition coefficient (Wildman–Crippen LogP) is 8.94. The molecule has 0 aliphatic rings. The molecule has 0 saturated carbocycles. The molecule has 29 heavy (non-hydrogen) atoms. The number of benzene rings is 4. The van der Waals surface area contributed by atoms with E-state index < -0.39 is 0 Å². The molecule has 0 radical (unpaired) electrons. The Hall–Kier alpha value is -2.62. The summed E-state index contributed by atoms with van der Waals surface area (Å²) in [5, 5.41) is 5.23. The van der Waals surface area contributed by atoms with Crippen molar-refractivity contribution in [2.45, 2.75) is 13.8 Å². The zero-order chi connectivity index (χ0) is 20.0. The summed E-state index contributed by atoms with van der Waals surface area (Å²) in [4.78, 5) is 0. The minimum atomic E-state index is 1.16. The van der Waals surface area contributed by atoms with Crippen LogP contribution in [0.25, 0.3) is 47.7 Å². The van der Waals surface area contributed by atoms with Gasteiger partial charge < -0.3 is 4.57 Å². The van der Waals surface area contributed by atoms with Crippen molar-refractivity contribution in [2.75, 3.05) is 0 Å². The van der Waals surface area contributed by atoms with E-state index in [0.29, 0.717) is 0 Å². The molecule has 0 amide bonds. The lowest BCUT2D eigenvalue weighted by atomic mass is 10.1. The predicted molar refractivity (Wildman–Crippen MR) is 133 cm³/mol. The van der Waals surface area contributed by atoms with E-state index in [1.165, 1.54) is 47.7 Å². The summed E-state index contributed by atoms with van der Waals surface area (Å²) in [5.41, 5.74) is 3.71. The fourth-order valence-corrected chi connectivity index (χ4v) is 6.09. The molecular weight excluding hydrogens is 438 g/mol. The first kappa shape index (κ1) is 18.4. The van der Waals surface area contributed by atoms with E-state index in [1.807, 2.05) is 25.2 Å². The van der Waals surface area contributed by atoms with Crippen LogP contribution >= 0.6 is 27.3 Å². The van der Waals surface area contributed by atoms with Gasteiger partial charge in [0.25, 0.3) is 0 Å². The summed E-state index contributed by atoms with van der Waals surface area (Å²) in [5.74, 6) is 0. The van der Waals surface area contributed by atoms with E-state index in [-0.39, 0.29) is 0 Å². The molecule has 2 aromatic heterocycles. The maximum atomic E-state index is 3.88. The Balaban J connectivity index is 0.000000882. The van der Waals surface area contributed by atoms with E-state index in [1.54, 1.807) is 0 Å². The lowest BCUT2D eigenvalue weighted by Gasteiger charge is -2.09. The number of thiophene rings is 1. The maximum absolute atomic E-state index is 3.88. The lowest BCUT2D eigenvalue weighted by molar-refractivity contribution is 1.19. The van der Waals surface area contributed by atoms with Crippen molar-refractivity contribution >= 4 is 69.2 Å². The van der Waals surface area contributed by atoms with Gasteiger partial charge in [-0.3, -0.25) is 0 Å². The molecule has 6 rings (SSSR count). The van der Waals surface area contributed by atoms with Gasteiger partial charge in [-0.25, -0.2) is 0 Å². The van der Waals surface area contributed by atoms with Crippen molar-refractivity contribution < 1.29 is 0 Å². The molecule has 0 N–H and O–H groups in total. The Bertz CT molecular complexity index is 1470. The van der Waals surface area contributed by atoms with Crippen molar-refractivity contribution in [3.63, 3.8) is 0 Å². The quantitative estimate of drug-likeness (QED) is 0.232. The number of para-hydroxylation sites is 2. The SMILES string of the molecule is Brc1cc2sc3ccccc3c2c2c1c1ccccc1n2-c1ccccc1.CC. The van der Waals surface area contributed by atoms with Crippen molar-refractivity contribution in [2.24, 2.45) is 0 Å². The van der Waals surface area contributed by atoms with Crippen LogP contribution in [0, 0.1) is 0 Å². The standard InChI is InChI=1S/C24H14BrNS.C2H6/c25-18-14-21-23(17-11-5-7-13-20(17)27-21)24-22(18)16-10-4-6-12-19(16)26(24)15-8-2-1-3-9-15;1-2/h1-14H;1-2H3. The Kier molecular flexibility index (Phi) is 4.65. The summed E-state index contributed by atoms with van der Waals surface area (Å²) in [7, 11) is 0. The highest BCUT2D eigenvalue weighted by Gasteiger charge is 2.19. The molecule has 0 aliphatic carbocycles. The van der Waals surface area contributed by atoms with E-state index in [9.17, 15) is 0 Å².